The molecule has 0 spiro atoms. The van der Waals surface area contributed by atoms with Crippen molar-refractivity contribution in [3.05, 3.63) is 58.8 Å². The van der Waals surface area contributed by atoms with E-state index in [1.54, 1.807) is 12.1 Å². The molecule has 0 atom stereocenters. The quantitative estimate of drug-likeness (QED) is 0.739. The van der Waals surface area contributed by atoms with Gasteiger partial charge in [0.05, 0.1) is 17.1 Å². The number of carbonyl (C=O) groups is 1. The first kappa shape index (κ1) is 15.3. The number of benzene rings is 2. The van der Waals surface area contributed by atoms with E-state index in [4.69, 9.17) is 0 Å². The van der Waals surface area contributed by atoms with E-state index in [-0.39, 0.29) is 5.91 Å². The average Bonchev–Trinajstić information content (AvgIpc) is 2.87. The molecule has 0 unspecified atom stereocenters. The lowest BCUT2D eigenvalue weighted by atomic mass is 9.98. The summed E-state index contributed by atoms with van der Waals surface area (Å²) in [6.07, 6.45) is 0. The SMILES string of the molecule is Cc1c2n(c3c(-c4cc(F)cc(F)c4)cc(C#N)cc13)CCNC2=O. The molecule has 2 heterocycles. The Hall–Kier alpha value is -3.20. The van der Waals surface area contributed by atoms with Crippen LogP contribution in [0, 0.1) is 29.9 Å². The Labute approximate surface area is 142 Å². The molecule has 1 aliphatic rings. The molecule has 124 valence electrons. The number of nitriles is 1. The third kappa shape index (κ3) is 2.28. The summed E-state index contributed by atoms with van der Waals surface area (Å²) in [4.78, 5) is 12.3. The summed E-state index contributed by atoms with van der Waals surface area (Å²) in [7, 11) is 0. The lowest BCUT2D eigenvalue weighted by Crippen LogP contribution is -2.35. The highest BCUT2D eigenvalue weighted by atomic mass is 19.1. The van der Waals surface area contributed by atoms with Crippen LogP contribution in [0.5, 0.6) is 0 Å². The molecule has 4 rings (SSSR count). The van der Waals surface area contributed by atoms with Crippen LogP contribution in [0.2, 0.25) is 0 Å². The summed E-state index contributed by atoms with van der Waals surface area (Å²) in [5, 5.41) is 12.9. The molecular formula is C19H13F2N3O. The van der Waals surface area contributed by atoms with Gasteiger partial charge in [0.15, 0.2) is 0 Å². The summed E-state index contributed by atoms with van der Waals surface area (Å²) >= 11 is 0. The summed E-state index contributed by atoms with van der Waals surface area (Å²) in [6.45, 7) is 2.85. The van der Waals surface area contributed by atoms with E-state index in [0.717, 1.165) is 17.0 Å². The topological polar surface area (TPSA) is 57.8 Å². The molecule has 25 heavy (non-hydrogen) atoms. The number of hydrogen-bond acceptors (Lipinski definition) is 2. The molecule has 1 aliphatic heterocycles. The van der Waals surface area contributed by atoms with Gasteiger partial charge < -0.3 is 9.88 Å². The van der Waals surface area contributed by atoms with Gasteiger partial charge in [-0.05, 0) is 42.3 Å². The Morgan fingerprint density at radius 2 is 1.88 bits per heavy atom. The lowest BCUT2D eigenvalue weighted by molar-refractivity contribution is 0.0928. The second-order valence-electron chi connectivity index (χ2n) is 6.07. The zero-order valence-corrected chi connectivity index (χ0v) is 13.4. The number of nitrogens with one attached hydrogen (secondary N) is 1. The van der Waals surface area contributed by atoms with E-state index in [1.165, 1.54) is 12.1 Å². The fourth-order valence-corrected chi connectivity index (χ4v) is 3.53. The predicted molar refractivity (Wildman–Crippen MR) is 89.1 cm³/mol. The minimum absolute atomic E-state index is 0.185. The number of rotatable bonds is 1. The minimum atomic E-state index is -0.689. The molecule has 1 N–H and O–H groups in total. The Morgan fingerprint density at radius 3 is 2.56 bits per heavy atom. The molecule has 0 fully saturated rings. The van der Waals surface area contributed by atoms with Crippen molar-refractivity contribution in [2.45, 2.75) is 13.5 Å². The summed E-state index contributed by atoms with van der Waals surface area (Å²) < 4.78 is 29.3. The van der Waals surface area contributed by atoms with Crippen LogP contribution in [-0.2, 0) is 6.54 Å². The van der Waals surface area contributed by atoms with Crippen molar-refractivity contribution in [3.8, 4) is 17.2 Å². The Bertz CT molecular complexity index is 1070. The van der Waals surface area contributed by atoms with Crippen LogP contribution < -0.4 is 5.32 Å². The molecule has 2 aromatic carbocycles. The van der Waals surface area contributed by atoms with Crippen molar-refractivity contribution in [1.29, 1.82) is 5.26 Å². The first-order chi connectivity index (χ1) is 12.0. The first-order valence-electron chi connectivity index (χ1n) is 7.81. The highest BCUT2D eigenvalue weighted by Gasteiger charge is 2.26. The van der Waals surface area contributed by atoms with E-state index in [0.29, 0.717) is 41.0 Å². The van der Waals surface area contributed by atoms with E-state index in [9.17, 15) is 18.8 Å². The fraction of sp³-hybridized carbons (Fsp3) is 0.158. The molecule has 4 nitrogen and oxygen atoms in total. The van der Waals surface area contributed by atoms with Crippen LogP contribution in [-0.4, -0.2) is 17.0 Å². The number of hydrogen-bond donors (Lipinski definition) is 1. The van der Waals surface area contributed by atoms with Crippen LogP contribution in [0.15, 0.2) is 30.3 Å². The third-order valence-corrected chi connectivity index (χ3v) is 4.55. The number of nitrogens with zero attached hydrogens (tertiary/aromatic N) is 2. The summed E-state index contributed by atoms with van der Waals surface area (Å²) in [5.41, 5.74) is 3.24. The maximum absolute atomic E-state index is 13.7. The molecule has 0 radical (unpaired) electrons. The van der Waals surface area contributed by atoms with E-state index in [1.807, 2.05) is 11.5 Å². The highest BCUT2D eigenvalue weighted by molar-refractivity contribution is 6.06. The zero-order chi connectivity index (χ0) is 17.7. The third-order valence-electron chi connectivity index (χ3n) is 4.55. The molecule has 6 heteroatoms. The average molecular weight is 337 g/mol. The highest BCUT2D eigenvalue weighted by Crippen LogP contribution is 2.36. The summed E-state index contributed by atoms with van der Waals surface area (Å²) in [5.74, 6) is -1.56. The van der Waals surface area contributed by atoms with E-state index >= 15 is 0 Å². The lowest BCUT2D eigenvalue weighted by Gasteiger charge is -2.18. The molecule has 0 bridgehead atoms. The van der Waals surface area contributed by atoms with Crippen molar-refractivity contribution in [2.75, 3.05) is 6.54 Å². The molecule has 0 saturated carbocycles. The van der Waals surface area contributed by atoms with E-state index in [2.05, 4.69) is 11.4 Å². The van der Waals surface area contributed by atoms with Crippen LogP contribution in [0.4, 0.5) is 8.78 Å². The van der Waals surface area contributed by atoms with Gasteiger partial charge in [-0.25, -0.2) is 8.78 Å². The number of aryl methyl sites for hydroxylation is 1. The van der Waals surface area contributed by atoms with Gasteiger partial charge in [0.1, 0.15) is 17.3 Å². The predicted octanol–water partition coefficient (Wildman–Crippen LogP) is 3.51. The van der Waals surface area contributed by atoms with Gasteiger partial charge in [-0.3, -0.25) is 4.79 Å². The molecule has 0 saturated heterocycles. The Morgan fingerprint density at radius 1 is 1.16 bits per heavy atom. The van der Waals surface area contributed by atoms with Crippen molar-refractivity contribution < 1.29 is 13.6 Å². The van der Waals surface area contributed by atoms with Gasteiger partial charge in [-0.2, -0.15) is 5.26 Å². The maximum Gasteiger partial charge on any atom is 0.268 e. The zero-order valence-electron chi connectivity index (χ0n) is 13.4. The molecular weight excluding hydrogens is 324 g/mol. The van der Waals surface area contributed by atoms with E-state index < -0.39 is 11.6 Å². The number of aromatic nitrogens is 1. The first-order valence-corrected chi connectivity index (χ1v) is 7.81. The number of halogens is 2. The van der Waals surface area contributed by atoms with Gasteiger partial charge in [-0.1, -0.05) is 0 Å². The second-order valence-corrected chi connectivity index (χ2v) is 6.07. The standard InChI is InChI=1S/C19H13F2N3O/c1-10-15-4-11(9-22)5-16(12-6-13(20)8-14(21)7-12)18(15)24-3-2-23-19(25)17(10)24/h4-8H,2-3H2,1H3,(H,23,25). The van der Waals surface area contributed by atoms with Crippen LogP contribution in [0.25, 0.3) is 22.0 Å². The van der Waals surface area contributed by atoms with Crippen molar-refractivity contribution in [1.82, 2.24) is 9.88 Å². The molecule has 3 aromatic rings. The fourth-order valence-electron chi connectivity index (χ4n) is 3.53. The van der Waals surface area contributed by atoms with Crippen molar-refractivity contribution in [3.63, 3.8) is 0 Å². The number of carbonyl (C=O) groups excluding carboxylic acids is 1. The van der Waals surface area contributed by atoms with Gasteiger partial charge in [-0.15, -0.1) is 0 Å². The Kier molecular flexibility index (Phi) is 3.32. The maximum atomic E-state index is 13.7. The van der Waals surface area contributed by atoms with Gasteiger partial charge >= 0.3 is 0 Å². The van der Waals surface area contributed by atoms with Crippen LogP contribution >= 0.6 is 0 Å². The van der Waals surface area contributed by atoms with Crippen molar-refractivity contribution in [2.24, 2.45) is 0 Å². The molecule has 1 aromatic heterocycles. The smallest absolute Gasteiger partial charge is 0.268 e. The van der Waals surface area contributed by atoms with Gasteiger partial charge in [0, 0.05) is 30.1 Å². The van der Waals surface area contributed by atoms with Crippen LogP contribution in [0.3, 0.4) is 0 Å². The number of amides is 1. The van der Waals surface area contributed by atoms with Crippen LogP contribution in [0.1, 0.15) is 21.6 Å². The molecule has 0 aliphatic carbocycles. The number of fused-ring (bicyclic) bond motifs is 3. The summed E-state index contributed by atoms with van der Waals surface area (Å²) in [6, 6.07) is 8.67. The molecule has 1 amide bonds. The monoisotopic (exact) mass is 337 g/mol. The largest absolute Gasteiger partial charge is 0.349 e. The van der Waals surface area contributed by atoms with Gasteiger partial charge in [0.25, 0.3) is 5.91 Å². The van der Waals surface area contributed by atoms with Gasteiger partial charge in [0.2, 0.25) is 0 Å². The normalized spacial score (nSPS) is 13.4. The van der Waals surface area contributed by atoms with Crippen molar-refractivity contribution >= 4 is 16.8 Å². The Balaban J connectivity index is 2.15. The minimum Gasteiger partial charge on any atom is -0.349 e. The second kappa shape index (κ2) is 5.42.